The summed E-state index contributed by atoms with van der Waals surface area (Å²) in [5, 5.41) is 11.2. The summed E-state index contributed by atoms with van der Waals surface area (Å²) in [4.78, 5) is 39.8. The van der Waals surface area contributed by atoms with E-state index in [0.717, 1.165) is 68.7 Å². The number of benzene rings is 2. The average molecular weight is 719 g/mol. The predicted molar refractivity (Wildman–Crippen MR) is 191 cm³/mol. The van der Waals surface area contributed by atoms with Crippen LogP contribution in [0.4, 0.5) is 14.6 Å². The first-order chi connectivity index (χ1) is 25.2. The van der Waals surface area contributed by atoms with E-state index in [9.17, 15) is 18.4 Å². The second-order valence-corrected chi connectivity index (χ2v) is 15.4. The zero-order valence-corrected chi connectivity index (χ0v) is 29.1. The number of pyridine rings is 2. The number of nitrogens with zero attached hydrogens (tertiary/aromatic N) is 4. The summed E-state index contributed by atoms with van der Waals surface area (Å²) in [6.45, 7) is 2.61. The number of hydrogen-bond donors (Lipinski definition) is 2. The molecule has 3 fully saturated rings. The number of aromatic amines is 1. The maximum absolute atomic E-state index is 14.7. The van der Waals surface area contributed by atoms with E-state index < -0.39 is 11.3 Å². The van der Waals surface area contributed by atoms with Crippen LogP contribution in [0.15, 0.2) is 57.7 Å². The number of nitrogens with one attached hydrogen (secondary N) is 2. The number of ether oxygens (including phenoxy) is 1. The molecule has 262 valence electrons. The summed E-state index contributed by atoms with van der Waals surface area (Å²) in [5.41, 5.74) is 6.15. The van der Waals surface area contributed by atoms with Gasteiger partial charge in [-0.15, -0.1) is 16.4 Å². The van der Waals surface area contributed by atoms with Gasteiger partial charge in [0.25, 0.3) is 11.8 Å². The highest BCUT2D eigenvalue weighted by Gasteiger charge is 2.65. The molecular weight excluding hydrogens is 687 g/mol. The third-order valence-electron chi connectivity index (χ3n) is 11.3. The molecule has 0 unspecified atom stereocenters. The highest BCUT2D eigenvalue weighted by molar-refractivity contribution is 7.23. The maximum atomic E-state index is 14.7. The summed E-state index contributed by atoms with van der Waals surface area (Å²) in [6, 6.07) is 13.2. The summed E-state index contributed by atoms with van der Waals surface area (Å²) in [5.74, 6) is 0.248. The fraction of sp³-hybridized carbons (Fsp3) is 0.308. The van der Waals surface area contributed by atoms with Crippen molar-refractivity contribution in [3.8, 4) is 27.6 Å². The maximum Gasteiger partial charge on any atom is 0.434 e. The Kier molecular flexibility index (Phi) is 6.80. The molecule has 2 aliphatic carbocycles. The Morgan fingerprint density at radius 1 is 1.04 bits per heavy atom. The molecule has 2 aromatic carbocycles. The van der Waals surface area contributed by atoms with E-state index >= 15 is 0 Å². The van der Waals surface area contributed by atoms with Crippen molar-refractivity contribution in [2.75, 3.05) is 19.0 Å². The molecule has 7 heterocycles. The van der Waals surface area contributed by atoms with Crippen LogP contribution in [0, 0.1) is 24.5 Å². The first kappa shape index (κ1) is 31.3. The lowest BCUT2D eigenvalue weighted by Gasteiger charge is -2.37. The van der Waals surface area contributed by atoms with Crippen molar-refractivity contribution in [3.05, 3.63) is 110 Å². The van der Waals surface area contributed by atoms with Gasteiger partial charge in [-0.2, -0.15) is 0 Å². The third kappa shape index (κ3) is 4.60. The van der Waals surface area contributed by atoms with Crippen LogP contribution < -0.4 is 15.8 Å². The molecule has 4 aromatic heterocycles. The van der Waals surface area contributed by atoms with Crippen LogP contribution in [0.3, 0.4) is 0 Å². The molecule has 1 atom stereocenters. The number of carbonyl (C=O) groups is 1. The second-order valence-electron chi connectivity index (χ2n) is 14.4. The summed E-state index contributed by atoms with van der Waals surface area (Å²) in [7, 11) is 1.55. The highest BCUT2D eigenvalue weighted by Crippen LogP contribution is 2.63. The van der Waals surface area contributed by atoms with Gasteiger partial charge in [0.2, 0.25) is 0 Å². The first-order valence-corrected chi connectivity index (χ1v) is 18.2. The van der Waals surface area contributed by atoms with Crippen LogP contribution in [0.2, 0.25) is 0 Å². The second kappa shape index (κ2) is 11.3. The van der Waals surface area contributed by atoms with Crippen LogP contribution in [0.1, 0.15) is 69.4 Å². The van der Waals surface area contributed by atoms with E-state index in [0.29, 0.717) is 59.3 Å². The lowest BCUT2D eigenvalue weighted by molar-refractivity contribution is 0.0637. The van der Waals surface area contributed by atoms with Gasteiger partial charge in [-0.1, -0.05) is 12.1 Å². The van der Waals surface area contributed by atoms with Crippen LogP contribution in [-0.2, 0) is 24.8 Å². The van der Waals surface area contributed by atoms with Crippen LogP contribution in [0.5, 0.6) is 5.75 Å². The molecule has 52 heavy (non-hydrogen) atoms. The lowest BCUT2D eigenvalue weighted by Crippen LogP contribution is -2.40. The number of carbonyl (C=O) groups excluding carboxylic acids is 1. The number of halogens is 2. The van der Waals surface area contributed by atoms with E-state index in [4.69, 9.17) is 19.1 Å². The van der Waals surface area contributed by atoms with Gasteiger partial charge in [-0.25, -0.2) is 23.7 Å². The Bertz CT molecular complexity index is 2540. The quantitative estimate of drug-likeness (QED) is 0.169. The van der Waals surface area contributed by atoms with Crippen LogP contribution in [0.25, 0.3) is 32.0 Å². The van der Waals surface area contributed by atoms with Crippen molar-refractivity contribution in [3.63, 3.8) is 0 Å². The molecule has 5 aliphatic rings. The Morgan fingerprint density at radius 2 is 1.87 bits per heavy atom. The number of H-pyrrole nitrogens is 1. The molecular formula is C39H32F2N6O4S. The number of aromatic nitrogens is 4. The number of thiophene rings is 1. The lowest BCUT2D eigenvalue weighted by atomic mass is 9.71. The number of anilines is 1. The van der Waals surface area contributed by atoms with Crippen LogP contribution in [-0.4, -0.2) is 44.6 Å². The van der Waals surface area contributed by atoms with Gasteiger partial charge in [0, 0.05) is 28.7 Å². The van der Waals surface area contributed by atoms with Gasteiger partial charge in [0.1, 0.15) is 23.2 Å². The average Bonchev–Trinajstić information content (AvgIpc) is 3.96. The number of aryl methyl sites for hydroxylation is 3. The van der Waals surface area contributed by atoms with Gasteiger partial charge in [0.05, 0.1) is 45.9 Å². The Hall–Kier alpha value is -5.43. The van der Waals surface area contributed by atoms with Gasteiger partial charge in [-0.3, -0.25) is 9.78 Å². The molecule has 11 rings (SSSR count). The Labute approximate surface area is 299 Å². The fourth-order valence-electron chi connectivity index (χ4n) is 9.05. The molecule has 6 aromatic rings. The monoisotopic (exact) mass is 718 g/mol. The number of methoxy groups -OCH3 is 1. The fourth-order valence-corrected chi connectivity index (χ4v) is 10.2. The molecule has 1 saturated carbocycles. The van der Waals surface area contributed by atoms with Crippen molar-refractivity contribution in [2.24, 2.45) is 5.92 Å². The number of hydrogen-bond acceptors (Lipinski definition) is 9. The van der Waals surface area contributed by atoms with E-state index in [1.54, 1.807) is 25.3 Å². The van der Waals surface area contributed by atoms with Crippen molar-refractivity contribution in [1.29, 1.82) is 0 Å². The highest BCUT2D eigenvalue weighted by atomic mass is 32.1. The van der Waals surface area contributed by atoms with E-state index in [1.807, 2.05) is 17.9 Å². The summed E-state index contributed by atoms with van der Waals surface area (Å²) in [6.07, 6.45) is 4.19. The van der Waals surface area contributed by atoms with Gasteiger partial charge in [0.15, 0.2) is 0 Å². The Balaban J connectivity index is 1.16. The third-order valence-corrected chi connectivity index (χ3v) is 12.4. The van der Waals surface area contributed by atoms with Crippen molar-refractivity contribution in [1.82, 2.24) is 25.1 Å². The number of rotatable bonds is 8. The zero-order chi connectivity index (χ0) is 35.5. The van der Waals surface area contributed by atoms with E-state index in [1.165, 1.54) is 29.5 Å². The SMILES string of the molecule is COc1cc(F)cc2c1CC[C@H]2Nc1nc(C)cc2cc(-c3c4c(nc(CCc5ccc(F)cc5)c3-c3n[nH]c(=O)o3)C35CC(CN3C4=O)C5)sc12. The minimum atomic E-state index is -0.717. The predicted octanol–water partition coefficient (Wildman–Crippen LogP) is 7.26. The molecule has 1 amide bonds. The molecule has 3 aliphatic heterocycles. The van der Waals surface area contributed by atoms with Crippen molar-refractivity contribution < 1.29 is 22.7 Å². The van der Waals surface area contributed by atoms with Gasteiger partial charge < -0.3 is 19.4 Å². The minimum Gasteiger partial charge on any atom is -0.496 e. The van der Waals surface area contributed by atoms with E-state index in [2.05, 4.69) is 21.6 Å². The molecule has 0 radical (unpaired) electrons. The molecule has 2 bridgehead atoms. The molecule has 13 heteroatoms. The number of amides is 1. The zero-order valence-electron chi connectivity index (χ0n) is 28.3. The molecule has 1 spiro atoms. The molecule has 10 nitrogen and oxygen atoms in total. The van der Waals surface area contributed by atoms with Crippen molar-refractivity contribution >= 4 is 33.1 Å². The Morgan fingerprint density at radius 3 is 2.63 bits per heavy atom. The largest absolute Gasteiger partial charge is 0.496 e. The minimum absolute atomic E-state index is 0.0527. The summed E-state index contributed by atoms with van der Waals surface area (Å²) >= 11 is 1.49. The standard InChI is InChI=1S/C39H32F2N6O4S/c1-18-11-21-12-29(52-33(21)35(42-18)44-26-10-8-24-25(26)13-23(41)14-28(24)50-2)31-30(36-45-46-38(49)51-36)27(9-5-19-3-6-22(40)7-4-19)43-34-32(31)37(48)47-17-20-15-39(34,47)16-20/h3-4,6-7,11-14,20,26H,5,8-10,15-17H2,1-2H3,(H,42,44)(H,46,49)/t20?,26-,39?/m1/s1. The topological polar surface area (TPSA) is 126 Å². The van der Waals surface area contributed by atoms with E-state index in [-0.39, 0.29) is 29.5 Å². The smallest absolute Gasteiger partial charge is 0.434 e. The van der Waals surface area contributed by atoms with Gasteiger partial charge >= 0.3 is 5.76 Å². The van der Waals surface area contributed by atoms with Crippen LogP contribution >= 0.6 is 11.3 Å². The molecule has 2 saturated heterocycles. The normalized spacial score (nSPS) is 21.0. The van der Waals surface area contributed by atoms with Crippen molar-refractivity contribution in [2.45, 2.75) is 57.0 Å². The number of fused-ring (bicyclic) bond motifs is 3. The summed E-state index contributed by atoms with van der Waals surface area (Å²) < 4.78 is 40.4. The molecule has 2 N–H and O–H groups in total. The first-order valence-electron chi connectivity index (χ1n) is 17.4. The van der Waals surface area contributed by atoms with Gasteiger partial charge in [-0.05, 0) is 104 Å².